The number of hydrogen-bond donors (Lipinski definition) is 1. The number of ether oxygens (including phenoxy) is 1. The van der Waals surface area contributed by atoms with Crippen molar-refractivity contribution in [3.63, 3.8) is 0 Å². The SMILES string of the molecule is Cc1ccc(NC(=O)COc2cccc(/C=C3\SC(=O)N(Cc4ccccc4F)C3=O)c2)cc1C. The topological polar surface area (TPSA) is 75.7 Å². The monoisotopic (exact) mass is 490 g/mol. The van der Waals surface area contributed by atoms with E-state index in [4.69, 9.17) is 4.74 Å². The van der Waals surface area contributed by atoms with E-state index in [9.17, 15) is 18.8 Å². The molecule has 6 nitrogen and oxygen atoms in total. The minimum atomic E-state index is -0.484. The third-order valence-electron chi connectivity index (χ3n) is 5.48. The number of imide groups is 1. The van der Waals surface area contributed by atoms with Gasteiger partial charge in [-0.2, -0.15) is 0 Å². The summed E-state index contributed by atoms with van der Waals surface area (Å²) in [4.78, 5) is 38.7. The van der Waals surface area contributed by atoms with Gasteiger partial charge in [-0.3, -0.25) is 19.3 Å². The largest absolute Gasteiger partial charge is 0.484 e. The molecule has 0 aliphatic carbocycles. The second-order valence-corrected chi connectivity index (χ2v) is 9.06. The molecule has 1 fully saturated rings. The molecule has 1 saturated heterocycles. The highest BCUT2D eigenvalue weighted by atomic mass is 32.2. The fraction of sp³-hybridized carbons (Fsp3) is 0.148. The Morgan fingerprint density at radius 1 is 1.03 bits per heavy atom. The van der Waals surface area contributed by atoms with Crippen LogP contribution < -0.4 is 10.1 Å². The highest BCUT2D eigenvalue weighted by Crippen LogP contribution is 2.34. The van der Waals surface area contributed by atoms with Gasteiger partial charge in [0.2, 0.25) is 0 Å². The predicted octanol–water partition coefficient (Wildman–Crippen LogP) is 5.70. The minimum Gasteiger partial charge on any atom is -0.484 e. The molecule has 3 amide bonds. The fourth-order valence-corrected chi connectivity index (χ4v) is 4.28. The van der Waals surface area contributed by atoms with Crippen LogP contribution in [0.15, 0.2) is 71.6 Å². The van der Waals surface area contributed by atoms with Crippen molar-refractivity contribution in [2.24, 2.45) is 0 Å². The van der Waals surface area contributed by atoms with Crippen LogP contribution in [0.2, 0.25) is 0 Å². The van der Waals surface area contributed by atoms with Crippen molar-refractivity contribution in [1.29, 1.82) is 0 Å². The molecule has 35 heavy (non-hydrogen) atoms. The van der Waals surface area contributed by atoms with Gasteiger partial charge in [0.05, 0.1) is 11.4 Å². The molecule has 178 valence electrons. The average molecular weight is 491 g/mol. The smallest absolute Gasteiger partial charge is 0.293 e. The van der Waals surface area contributed by atoms with Gasteiger partial charge in [-0.25, -0.2) is 4.39 Å². The number of aryl methyl sites for hydroxylation is 2. The number of thioether (sulfide) groups is 1. The van der Waals surface area contributed by atoms with Crippen LogP contribution >= 0.6 is 11.8 Å². The van der Waals surface area contributed by atoms with Gasteiger partial charge >= 0.3 is 0 Å². The zero-order valence-electron chi connectivity index (χ0n) is 19.2. The number of nitrogens with zero attached hydrogens (tertiary/aromatic N) is 1. The predicted molar refractivity (Wildman–Crippen MR) is 134 cm³/mol. The van der Waals surface area contributed by atoms with Gasteiger partial charge in [-0.05, 0) is 78.7 Å². The van der Waals surface area contributed by atoms with E-state index < -0.39 is 17.0 Å². The minimum absolute atomic E-state index is 0.131. The van der Waals surface area contributed by atoms with Crippen LogP contribution in [0.4, 0.5) is 14.9 Å². The highest BCUT2D eigenvalue weighted by molar-refractivity contribution is 8.18. The zero-order chi connectivity index (χ0) is 24.9. The van der Waals surface area contributed by atoms with Crippen molar-refractivity contribution in [2.45, 2.75) is 20.4 Å². The summed E-state index contributed by atoms with van der Waals surface area (Å²) >= 11 is 0.800. The van der Waals surface area contributed by atoms with Gasteiger partial charge in [0.1, 0.15) is 11.6 Å². The Morgan fingerprint density at radius 3 is 2.60 bits per heavy atom. The Labute approximate surface area is 206 Å². The molecule has 4 rings (SSSR count). The number of hydrogen-bond acceptors (Lipinski definition) is 5. The van der Waals surface area contributed by atoms with E-state index in [2.05, 4.69) is 5.32 Å². The third kappa shape index (κ3) is 5.96. The van der Waals surface area contributed by atoms with Gasteiger partial charge in [-0.1, -0.05) is 36.4 Å². The summed E-state index contributed by atoms with van der Waals surface area (Å²) in [6, 6.07) is 18.6. The second kappa shape index (κ2) is 10.6. The van der Waals surface area contributed by atoms with E-state index in [1.54, 1.807) is 48.5 Å². The maximum absolute atomic E-state index is 14.0. The molecule has 0 saturated carbocycles. The van der Waals surface area contributed by atoms with Crippen molar-refractivity contribution >= 4 is 40.6 Å². The standard InChI is InChI=1S/C27H23FN2O4S/c1-17-10-11-21(12-18(17)2)29-25(31)16-34-22-8-5-6-19(13-22)14-24-26(32)30(27(33)35-24)15-20-7-3-4-9-23(20)28/h3-14H,15-16H2,1-2H3,(H,29,31)/b24-14-. The van der Waals surface area contributed by atoms with Crippen LogP contribution in [0.5, 0.6) is 5.75 Å². The lowest BCUT2D eigenvalue weighted by Crippen LogP contribution is -2.27. The van der Waals surface area contributed by atoms with E-state index >= 15 is 0 Å². The van der Waals surface area contributed by atoms with Crippen LogP contribution in [0.3, 0.4) is 0 Å². The zero-order valence-corrected chi connectivity index (χ0v) is 20.0. The Morgan fingerprint density at radius 2 is 1.83 bits per heavy atom. The molecule has 1 N–H and O–H groups in total. The molecular weight excluding hydrogens is 467 g/mol. The molecule has 0 atom stereocenters. The van der Waals surface area contributed by atoms with E-state index in [-0.39, 0.29) is 29.5 Å². The first-order chi connectivity index (χ1) is 16.8. The number of carbonyl (C=O) groups excluding carboxylic acids is 3. The van der Waals surface area contributed by atoms with Gasteiger partial charge in [0.25, 0.3) is 17.1 Å². The van der Waals surface area contributed by atoms with Crippen LogP contribution in [0.1, 0.15) is 22.3 Å². The maximum atomic E-state index is 14.0. The summed E-state index contributed by atoms with van der Waals surface area (Å²) in [7, 11) is 0. The molecule has 1 aliphatic heterocycles. The summed E-state index contributed by atoms with van der Waals surface area (Å²) in [5, 5.41) is 2.34. The van der Waals surface area contributed by atoms with Crippen LogP contribution in [0.25, 0.3) is 6.08 Å². The van der Waals surface area contributed by atoms with Crippen molar-refractivity contribution in [3.05, 3.63) is 99.7 Å². The Bertz CT molecular complexity index is 1340. The Kier molecular flexibility index (Phi) is 7.31. The van der Waals surface area contributed by atoms with Gasteiger partial charge in [0, 0.05) is 11.3 Å². The number of benzene rings is 3. The summed E-state index contributed by atoms with van der Waals surface area (Å²) in [6.45, 7) is 3.66. The van der Waals surface area contributed by atoms with Crippen molar-refractivity contribution in [3.8, 4) is 5.75 Å². The lowest BCUT2D eigenvalue weighted by atomic mass is 10.1. The second-order valence-electron chi connectivity index (χ2n) is 8.07. The molecule has 3 aromatic rings. The van der Waals surface area contributed by atoms with E-state index in [1.165, 1.54) is 6.07 Å². The number of amides is 3. The molecule has 0 aromatic heterocycles. The van der Waals surface area contributed by atoms with Crippen LogP contribution in [0, 0.1) is 19.7 Å². The Hall–Kier alpha value is -3.91. The average Bonchev–Trinajstić information content (AvgIpc) is 3.09. The Balaban J connectivity index is 1.39. The van der Waals surface area contributed by atoms with Gasteiger partial charge in [-0.15, -0.1) is 0 Å². The third-order valence-corrected chi connectivity index (χ3v) is 6.38. The van der Waals surface area contributed by atoms with Crippen molar-refractivity contribution < 1.29 is 23.5 Å². The van der Waals surface area contributed by atoms with Crippen LogP contribution in [-0.4, -0.2) is 28.6 Å². The summed E-state index contributed by atoms with van der Waals surface area (Å²) in [6.07, 6.45) is 1.58. The van der Waals surface area contributed by atoms with Gasteiger partial charge < -0.3 is 10.1 Å². The number of carbonyl (C=O) groups is 3. The molecular formula is C27H23FN2O4S. The number of nitrogens with one attached hydrogen (secondary N) is 1. The summed E-state index contributed by atoms with van der Waals surface area (Å²) < 4.78 is 19.6. The maximum Gasteiger partial charge on any atom is 0.293 e. The first-order valence-electron chi connectivity index (χ1n) is 10.9. The first kappa shape index (κ1) is 24.2. The molecule has 0 bridgehead atoms. The van der Waals surface area contributed by atoms with Gasteiger partial charge in [0.15, 0.2) is 6.61 Å². The van der Waals surface area contributed by atoms with Crippen molar-refractivity contribution in [1.82, 2.24) is 4.90 Å². The molecule has 8 heteroatoms. The highest BCUT2D eigenvalue weighted by Gasteiger charge is 2.35. The number of rotatable bonds is 7. The van der Waals surface area contributed by atoms with E-state index in [0.29, 0.717) is 17.0 Å². The molecule has 1 aliphatic rings. The number of halogens is 1. The van der Waals surface area contributed by atoms with E-state index in [1.807, 2.05) is 32.0 Å². The van der Waals surface area contributed by atoms with Crippen molar-refractivity contribution in [2.75, 3.05) is 11.9 Å². The quantitative estimate of drug-likeness (QED) is 0.430. The first-order valence-corrected chi connectivity index (χ1v) is 11.7. The number of anilines is 1. The summed E-state index contributed by atoms with van der Waals surface area (Å²) in [5.41, 5.74) is 3.82. The molecule has 0 unspecified atom stereocenters. The molecule has 3 aromatic carbocycles. The summed E-state index contributed by atoms with van der Waals surface area (Å²) in [5.74, 6) is -0.809. The van der Waals surface area contributed by atoms with E-state index in [0.717, 1.165) is 27.8 Å². The molecule has 1 heterocycles. The lowest BCUT2D eigenvalue weighted by Gasteiger charge is -2.12. The lowest BCUT2D eigenvalue weighted by molar-refractivity contribution is -0.123. The van der Waals surface area contributed by atoms with Crippen LogP contribution in [-0.2, 0) is 16.1 Å². The molecule has 0 radical (unpaired) electrons. The normalized spacial score (nSPS) is 14.5. The fourth-order valence-electron chi connectivity index (χ4n) is 3.44. The molecule has 0 spiro atoms.